The highest BCUT2D eigenvalue weighted by atomic mass is 32.2. The molecule has 1 aliphatic heterocycles. The van der Waals surface area contributed by atoms with Gasteiger partial charge in [0.05, 0.1) is 17.4 Å². The molecule has 3 aromatic rings. The summed E-state index contributed by atoms with van der Waals surface area (Å²) in [4.78, 5) is 11.2. The lowest BCUT2D eigenvalue weighted by molar-refractivity contribution is -0.138. The van der Waals surface area contributed by atoms with E-state index in [4.69, 9.17) is 4.74 Å². The van der Waals surface area contributed by atoms with Crippen LogP contribution in [-0.2, 0) is 40.3 Å². The topological polar surface area (TPSA) is 80.7 Å². The smallest absolute Gasteiger partial charge is 0.307 e. The molecule has 2 fully saturated rings. The molecule has 6 rings (SSSR count). The van der Waals surface area contributed by atoms with Crippen LogP contribution < -0.4 is 4.74 Å². The Kier molecular flexibility index (Phi) is 7.00. The molecular formula is C33H36O5S. The van der Waals surface area contributed by atoms with Crippen molar-refractivity contribution in [1.82, 2.24) is 0 Å². The summed E-state index contributed by atoms with van der Waals surface area (Å²) < 4.78 is 29.9. The van der Waals surface area contributed by atoms with Gasteiger partial charge in [-0.2, -0.15) is 0 Å². The number of hydrogen-bond donors (Lipinski definition) is 1. The first-order valence-electron chi connectivity index (χ1n) is 14.2. The number of carbonyl (C=O) groups is 1. The summed E-state index contributed by atoms with van der Waals surface area (Å²) in [5, 5.41) is 9.20. The van der Waals surface area contributed by atoms with E-state index in [-0.39, 0.29) is 29.4 Å². The maximum absolute atomic E-state index is 11.8. The predicted octanol–water partition coefficient (Wildman–Crippen LogP) is 6.08. The molecule has 0 aromatic heterocycles. The molecule has 39 heavy (non-hydrogen) atoms. The number of ether oxygens (including phenoxy) is 1. The fourth-order valence-corrected chi connectivity index (χ4v) is 7.86. The third kappa shape index (κ3) is 5.76. The molecule has 0 spiro atoms. The van der Waals surface area contributed by atoms with Crippen molar-refractivity contribution < 1.29 is 23.1 Å². The maximum Gasteiger partial charge on any atom is 0.307 e. The zero-order chi connectivity index (χ0) is 27.1. The van der Waals surface area contributed by atoms with Crippen molar-refractivity contribution in [2.45, 2.75) is 70.3 Å². The molecule has 0 amide bonds. The number of rotatable bonds is 7. The van der Waals surface area contributed by atoms with E-state index in [2.05, 4.69) is 61.5 Å². The van der Waals surface area contributed by atoms with Crippen LogP contribution in [0.25, 0.3) is 11.1 Å². The molecule has 6 heteroatoms. The lowest BCUT2D eigenvalue weighted by Gasteiger charge is -2.24. The molecular weight excluding hydrogens is 508 g/mol. The van der Waals surface area contributed by atoms with Gasteiger partial charge in [0, 0.05) is 0 Å². The van der Waals surface area contributed by atoms with E-state index in [0.29, 0.717) is 12.8 Å². The normalized spacial score (nSPS) is 21.9. The van der Waals surface area contributed by atoms with Crippen LogP contribution in [-0.4, -0.2) is 37.1 Å². The van der Waals surface area contributed by atoms with E-state index >= 15 is 0 Å². The number of sulfone groups is 1. The van der Waals surface area contributed by atoms with Crippen LogP contribution in [0.3, 0.4) is 0 Å². The first-order chi connectivity index (χ1) is 18.8. The average Bonchev–Trinajstić information content (AvgIpc) is 3.73. The van der Waals surface area contributed by atoms with E-state index < -0.39 is 15.8 Å². The van der Waals surface area contributed by atoms with Crippen LogP contribution in [0.2, 0.25) is 0 Å². The number of aliphatic carboxylic acids is 1. The standard InChI is InChI=1S/C33H36O5S/c1-21-17-28(38-27-13-15-39(36,37)16-14-27)19-26-4-2-3-24-12-9-23(18-30(24)32(21)26)6-5-22-7-10-25(11-8-22)29-20-31(29)33(34)35/h7-12,17-19,27,29,31H,2-6,13-16,20H2,1H3,(H,34,35)/t29-,31+/m1/s1. The summed E-state index contributed by atoms with van der Waals surface area (Å²) >= 11 is 0. The Morgan fingerprint density at radius 3 is 2.33 bits per heavy atom. The van der Waals surface area contributed by atoms with Crippen LogP contribution in [0.1, 0.15) is 65.0 Å². The highest BCUT2D eigenvalue weighted by molar-refractivity contribution is 7.91. The minimum atomic E-state index is -2.90. The van der Waals surface area contributed by atoms with Gasteiger partial charge >= 0.3 is 5.97 Å². The largest absolute Gasteiger partial charge is 0.490 e. The maximum atomic E-state index is 11.8. The molecule has 0 radical (unpaired) electrons. The average molecular weight is 545 g/mol. The zero-order valence-corrected chi connectivity index (χ0v) is 23.3. The SMILES string of the molecule is Cc1cc(OC2CCS(=O)(=O)CC2)cc2c1-c1cc(CCc3ccc([C@H]4C[C@@H]4C(=O)O)cc3)ccc1CCC2. The highest BCUT2D eigenvalue weighted by Crippen LogP contribution is 2.47. The Hall–Kier alpha value is -3.12. The third-order valence-corrected chi connectivity index (χ3v) is 10.5. The number of hydrogen-bond acceptors (Lipinski definition) is 4. The van der Waals surface area contributed by atoms with Crippen molar-refractivity contribution in [2.24, 2.45) is 5.92 Å². The van der Waals surface area contributed by atoms with Crippen molar-refractivity contribution in [3.05, 3.63) is 88.0 Å². The summed E-state index contributed by atoms with van der Waals surface area (Å²) in [6, 6.07) is 19.8. The first-order valence-corrected chi connectivity index (χ1v) is 16.0. The Morgan fingerprint density at radius 2 is 1.62 bits per heavy atom. The molecule has 2 atom stereocenters. The van der Waals surface area contributed by atoms with Gasteiger partial charge in [0.25, 0.3) is 0 Å². The van der Waals surface area contributed by atoms with Crippen LogP contribution in [0.15, 0.2) is 54.6 Å². The van der Waals surface area contributed by atoms with Crippen LogP contribution >= 0.6 is 0 Å². The van der Waals surface area contributed by atoms with Crippen LogP contribution in [0.4, 0.5) is 0 Å². The number of benzene rings is 3. The molecule has 5 nitrogen and oxygen atoms in total. The Balaban J connectivity index is 1.17. The van der Waals surface area contributed by atoms with Gasteiger partial charge in [0.15, 0.2) is 9.84 Å². The monoisotopic (exact) mass is 544 g/mol. The second kappa shape index (κ2) is 10.5. The molecule has 1 saturated carbocycles. The van der Waals surface area contributed by atoms with Crippen molar-refractivity contribution in [3.63, 3.8) is 0 Å². The Morgan fingerprint density at radius 1 is 0.923 bits per heavy atom. The summed E-state index contributed by atoms with van der Waals surface area (Å²) in [5.41, 5.74) is 10.3. The molecule has 1 N–H and O–H groups in total. The van der Waals surface area contributed by atoms with E-state index in [1.165, 1.54) is 38.9 Å². The summed E-state index contributed by atoms with van der Waals surface area (Å²) in [7, 11) is -2.90. The molecule has 3 aromatic carbocycles. The fraction of sp³-hybridized carbons (Fsp3) is 0.424. The lowest BCUT2D eigenvalue weighted by atomic mass is 9.90. The van der Waals surface area contributed by atoms with Gasteiger partial charge < -0.3 is 9.84 Å². The van der Waals surface area contributed by atoms with Crippen LogP contribution in [0, 0.1) is 12.8 Å². The van der Waals surface area contributed by atoms with Gasteiger partial charge in [-0.1, -0.05) is 42.5 Å². The molecule has 0 bridgehead atoms. The molecule has 2 aliphatic carbocycles. The first kappa shape index (κ1) is 26.1. The summed E-state index contributed by atoms with van der Waals surface area (Å²) in [6.07, 6.45) is 6.91. The van der Waals surface area contributed by atoms with Crippen LogP contribution in [0.5, 0.6) is 5.75 Å². The summed E-state index contributed by atoms with van der Waals surface area (Å²) in [6.45, 7) is 2.16. The number of fused-ring (bicyclic) bond motifs is 3. The minimum absolute atomic E-state index is 0.0346. The highest BCUT2D eigenvalue weighted by Gasteiger charge is 2.44. The number of aryl methyl sites for hydroxylation is 5. The Labute approximate surface area is 231 Å². The molecule has 1 saturated heterocycles. The van der Waals surface area contributed by atoms with Gasteiger partial charge in [-0.05, 0) is 121 Å². The molecule has 1 heterocycles. The third-order valence-electron chi connectivity index (χ3n) is 8.75. The Bertz CT molecular complexity index is 1490. The van der Waals surface area contributed by atoms with E-state index in [9.17, 15) is 18.3 Å². The lowest BCUT2D eigenvalue weighted by Crippen LogP contribution is -2.30. The van der Waals surface area contributed by atoms with Gasteiger partial charge in [0.2, 0.25) is 0 Å². The van der Waals surface area contributed by atoms with Crippen molar-refractivity contribution >= 4 is 15.8 Å². The quantitative estimate of drug-likeness (QED) is 0.390. The zero-order valence-electron chi connectivity index (χ0n) is 22.5. The number of carboxylic acids is 1. The predicted molar refractivity (Wildman–Crippen MR) is 153 cm³/mol. The fourth-order valence-electron chi connectivity index (χ4n) is 6.41. The second-order valence-corrected chi connectivity index (χ2v) is 13.9. The summed E-state index contributed by atoms with van der Waals surface area (Å²) in [5.74, 6) is 0.570. The second-order valence-electron chi connectivity index (χ2n) is 11.6. The van der Waals surface area contributed by atoms with Crippen molar-refractivity contribution in [1.29, 1.82) is 0 Å². The van der Waals surface area contributed by atoms with E-state index in [1.807, 2.05) is 0 Å². The van der Waals surface area contributed by atoms with Gasteiger partial charge in [-0.25, -0.2) is 8.42 Å². The minimum Gasteiger partial charge on any atom is -0.490 e. The molecule has 3 aliphatic rings. The van der Waals surface area contributed by atoms with Crippen molar-refractivity contribution in [2.75, 3.05) is 11.5 Å². The van der Waals surface area contributed by atoms with Crippen molar-refractivity contribution in [3.8, 4) is 16.9 Å². The molecule has 204 valence electrons. The molecule has 0 unspecified atom stereocenters. The number of carboxylic acid groups (broad SMARTS) is 1. The van der Waals surface area contributed by atoms with Gasteiger partial charge in [0.1, 0.15) is 11.9 Å². The van der Waals surface area contributed by atoms with Gasteiger partial charge in [-0.3, -0.25) is 4.79 Å². The van der Waals surface area contributed by atoms with E-state index in [0.717, 1.165) is 49.8 Å². The van der Waals surface area contributed by atoms with E-state index in [1.54, 1.807) is 0 Å². The van der Waals surface area contributed by atoms with Gasteiger partial charge in [-0.15, -0.1) is 0 Å².